The summed E-state index contributed by atoms with van der Waals surface area (Å²) in [5.41, 5.74) is 1.32. The smallest absolute Gasteiger partial charge is 0.266 e. The first-order valence-electron chi connectivity index (χ1n) is 11.9. The molecule has 1 amide bonds. The molecule has 168 valence electrons. The largest absolute Gasteiger partial charge is 0.333 e. The molecule has 5 rings (SSSR count). The summed E-state index contributed by atoms with van der Waals surface area (Å²) < 4.78 is 1.70. The van der Waals surface area contributed by atoms with Crippen LogP contribution in [0.3, 0.4) is 0 Å². The average molecular weight is 440 g/mol. The molecule has 4 aromatic rings. The van der Waals surface area contributed by atoms with E-state index in [1.807, 2.05) is 72.5 Å². The van der Waals surface area contributed by atoms with Gasteiger partial charge in [0.15, 0.2) is 0 Å². The molecule has 0 bridgehead atoms. The van der Waals surface area contributed by atoms with Crippen LogP contribution in [0.4, 0.5) is 0 Å². The molecule has 33 heavy (non-hydrogen) atoms. The first kappa shape index (κ1) is 21.4. The zero-order valence-corrected chi connectivity index (χ0v) is 19.2. The lowest BCUT2D eigenvalue weighted by Crippen LogP contribution is -2.42. The van der Waals surface area contributed by atoms with Crippen LogP contribution < -0.4 is 5.56 Å². The second kappa shape index (κ2) is 8.81. The van der Waals surface area contributed by atoms with Gasteiger partial charge in [0.25, 0.3) is 5.56 Å². The van der Waals surface area contributed by atoms with Crippen LogP contribution in [-0.4, -0.2) is 26.9 Å². The molecule has 0 saturated heterocycles. The Morgan fingerprint density at radius 3 is 2.52 bits per heavy atom. The van der Waals surface area contributed by atoms with Crippen LogP contribution >= 0.6 is 0 Å². The van der Waals surface area contributed by atoms with Crippen molar-refractivity contribution in [3.05, 3.63) is 82.9 Å². The minimum absolute atomic E-state index is 0.0975. The molecule has 1 aromatic heterocycles. The number of carbonyl (C=O) groups is 1. The quantitative estimate of drug-likeness (QED) is 0.391. The third-order valence-corrected chi connectivity index (χ3v) is 6.84. The fourth-order valence-corrected chi connectivity index (χ4v) is 4.76. The number of benzene rings is 3. The van der Waals surface area contributed by atoms with Crippen molar-refractivity contribution in [3.63, 3.8) is 0 Å². The zero-order chi connectivity index (χ0) is 22.9. The molecule has 0 aliphatic heterocycles. The maximum absolute atomic E-state index is 13.8. The fraction of sp³-hybridized carbons (Fsp3) is 0.321. The van der Waals surface area contributed by atoms with E-state index in [0.29, 0.717) is 23.3 Å². The van der Waals surface area contributed by atoms with Gasteiger partial charge < -0.3 is 4.90 Å². The van der Waals surface area contributed by atoms with E-state index in [1.165, 1.54) is 0 Å². The number of aromatic nitrogens is 2. The van der Waals surface area contributed by atoms with E-state index in [-0.39, 0.29) is 23.4 Å². The highest BCUT2D eigenvalue weighted by Gasteiger charge is 2.33. The van der Waals surface area contributed by atoms with E-state index >= 15 is 0 Å². The number of para-hydroxylation sites is 1. The van der Waals surface area contributed by atoms with Crippen molar-refractivity contribution in [3.8, 4) is 5.69 Å². The third-order valence-electron chi connectivity index (χ3n) is 6.84. The molecule has 1 aliphatic rings. The molecule has 1 unspecified atom stereocenters. The van der Waals surface area contributed by atoms with Crippen LogP contribution in [0.1, 0.15) is 51.4 Å². The molecule has 1 aliphatic carbocycles. The van der Waals surface area contributed by atoms with E-state index in [0.717, 1.165) is 42.1 Å². The van der Waals surface area contributed by atoms with Crippen molar-refractivity contribution in [2.24, 2.45) is 5.92 Å². The lowest BCUT2D eigenvalue weighted by atomic mass is 9.84. The second-order valence-corrected chi connectivity index (χ2v) is 8.99. The number of fused-ring (bicyclic) bond motifs is 2. The van der Waals surface area contributed by atoms with Gasteiger partial charge in [-0.25, -0.2) is 4.98 Å². The molecule has 0 N–H and O–H groups in total. The third kappa shape index (κ3) is 3.82. The van der Waals surface area contributed by atoms with Gasteiger partial charge in [0.2, 0.25) is 5.91 Å². The molecule has 0 radical (unpaired) electrons. The Kier molecular flexibility index (Phi) is 5.71. The molecule has 1 heterocycles. The van der Waals surface area contributed by atoms with Gasteiger partial charge in [-0.2, -0.15) is 0 Å². The average Bonchev–Trinajstić information content (AvgIpc) is 2.80. The topological polar surface area (TPSA) is 55.2 Å². The highest BCUT2D eigenvalue weighted by molar-refractivity contribution is 5.85. The van der Waals surface area contributed by atoms with Crippen LogP contribution in [0.5, 0.6) is 0 Å². The number of hydrogen-bond donors (Lipinski definition) is 0. The molecule has 1 saturated carbocycles. The Hall–Kier alpha value is -3.47. The summed E-state index contributed by atoms with van der Waals surface area (Å²) in [5.74, 6) is 0.887. The molecule has 1 atom stereocenters. The van der Waals surface area contributed by atoms with Crippen molar-refractivity contribution in [1.29, 1.82) is 0 Å². The van der Waals surface area contributed by atoms with Crippen LogP contribution in [-0.2, 0) is 4.79 Å². The predicted molar refractivity (Wildman–Crippen MR) is 133 cm³/mol. The first-order chi connectivity index (χ1) is 16.1. The monoisotopic (exact) mass is 439 g/mol. The Morgan fingerprint density at radius 1 is 1.06 bits per heavy atom. The highest BCUT2D eigenvalue weighted by Crippen LogP contribution is 2.32. The number of hydrogen-bond acceptors (Lipinski definition) is 3. The molecule has 3 aromatic carbocycles. The van der Waals surface area contributed by atoms with Gasteiger partial charge in [0.1, 0.15) is 5.82 Å². The number of carbonyl (C=O) groups excluding carboxylic acids is 1. The Bertz CT molecular complexity index is 1390. The van der Waals surface area contributed by atoms with Crippen molar-refractivity contribution in [1.82, 2.24) is 14.5 Å². The van der Waals surface area contributed by atoms with E-state index in [9.17, 15) is 9.59 Å². The zero-order valence-electron chi connectivity index (χ0n) is 19.2. The van der Waals surface area contributed by atoms with E-state index in [1.54, 1.807) is 4.57 Å². The van der Waals surface area contributed by atoms with Gasteiger partial charge in [0.05, 0.1) is 22.6 Å². The number of amides is 1. The predicted octanol–water partition coefficient (Wildman–Crippen LogP) is 5.64. The summed E-state index contributed by atoms with van der Waals surface area (Å²) in [7, 11) is 0. The molecule has 5 nitrogen and oxygen atoms in total. The van der Waals surface area contributed by atoms with Gasteiger partial charge in [-0.1, -0.05) is 55.8 Å². The molecular weight excluding hydrogens is 410 g/mol. The standard InChI is InChI=1S/C28H29N3O2/c1-3-17-30(27(32)21-11-8-12-21)19(2)26-29-25-14-7-6-13-24(25)28(33)31(26)23-16-15-20-9-4-5-10-22(20)18-23/h4-7,9-10,13-16,18-19,21H,3,8,11-12,17H2,1-2H3. The van der Waals surface area contributed by atoms with Crippen molar-refractivity contribution < 1.29 is 4.79 Å². The Morgan fingerprint density at radius 2 is 1.79 bits per heavy atom. The van der Waals surface area contributed by atoms with E-state index in [4.69, 9.17) is 4.98 Å². The van der Waals surface area contributed by atoms with Gasteiger partial charge in [-0.05, 0) is 61.2 Å². The van der Waals surface area contributed by atoms with Crippen molar-refractivity contribution in [2.45, 2.75) is 45.6 Å². The van der Waals surface area contributed by atoms with Gasteiger partial charge >= 0.3 is 0 Å². The molecule has 5 heteroatoms. The normalized spacial score (nSPS) is 14.8. The SMILES string of the molecule is CCCN(C(=O)C1CCC1)C(C)c1nc2ccccc2c(=O)n1-c1ccc2ccccc2c1. The lowest BCUT2D eigenvalue weighted by molar-refractivity contribution is -0.140. The Balaban J connectivity index is 1.71. The van der Waals surface area contributed by atoms with E-state index < -0.39 is 0 Å². The summed E-state index contributed by atoms with van der Waals surface area (Å²) in [4.78, 5) is 34.0. The maximum Gasteiger partial charge on any atom is 0.266 e. The minimum Gasteiger partial charge on any atom is -0.333 e. The number of nitrogens with zero attached hydrogens (tertiary/aromatic N) is 3. The summed E-state index contributed by atoms with van der Waals surface area (Å²) >= 11 is 0. The van der Waals surface area contributed by atoms with Gasteiger partial charge in [-0.15, -0.1) is 0 Å². The summed E-state index contributed by atoms with van der Waals surface area (Å²) in [5, 5.41) is 2.75. The van der Waals surface area contributed by atoms with Crippen molar-refractivity contribution in [2.75, 3.05) is 6.54 Å². The lowest BCUT2D eigenvalue weighted by Gasteiger charge is -2.35. The Labute approximate surface area is 193 Å². The van der Waals surface area contributed by atoms with Crippen LogP contribution in [0.2, 0.25) is 0 Å². The van der Waals surface area contributed by atoms with Gasteiger partial charge in [-0.3, -0.25) is 14.2 Å². The van der Waals surface area contributed by atoms with Crippen LogP contribution in [0, 0.1) is 5.92 Å². The molecule has 0 spiro atoms. The first-order valence-corrected chi connectivity index (χ1v) is 11.9. The highest BCUT2D eigenvalue weighted by atomic mass is 16.2. The van der Waals surface area contributed by atoms with Crippen molar-refractivity contribution >= 4 is 27.6 Å². The summed E-state index contributed by atoms with van der Waals surface area (Å²) in [6.45, 7) is 4.73. The second-order valence-electron chi connectivity index (χ2n) is 8.99. The van der Waals surface area contributed by atoms with Gasteiger partial charge in [0, 0.05) is 12.5 Å². The summed E-state index contributed by atoms with van der Waals surface area (Å²) in [6.07, 6.45) is 3.88. The van der Waals surface area contributed by atoms with Crippen LogP contribution in [0.25, 0.3) is 27.4 Å². The minimum atomic E-state index is -0.318. The number of rotatable bonds is 6. The molecule has 1 fully saturated rings. The van der Waals surface area contributed by atoms with E-state index in [2.05, 4.69) is 13.0 Å². The van der Waals surface area contributed by atoms with Crippen LogP contribution in [0.15, 0.2) is 71.5 Å². The fourth-order valence-electron chi connectivity index (χ4n) is 4.76. The molecular formula is C28H29N3O2. The maximum atomic E-state index is 13.8. The summed E-state index contributed by atoms with van der Waals surface area (Å²) in [6, 6.07) is 21.3.